The quantitative estimate of drug-likeness (QED) is 0.554. The Kier molecular flexibility index (Phi) is 4.84. The molecule has 0 saturated carbocycles. The molecule has 0 unspecified atom stereocenters. The Morgan fingerprint density at radius 2 is 1.86 bits per heavy atom. The molecule has 2 aromatic carbocycles. The number of para-hydroxylation sites is 1. The van der Waals surface area contributed by atoms with Crippen molar-refractivity contribution in [3.8, 4) is 5.75 Å². The van der Waals surface area contributed by atoms with Crippen LogP contribution in [0.4, 0.5) is 10.2 Å². The van der Waals surface area contributed by atoms with Gasteiger partial charge in [0.2, 0.25) is 0 Å². The number of anilines is 1. The smallest absolute Gasteiger partial charge is 0.184 e. The second-order valence-electron chi connectivity index (χ2n) is 6.33. The zero-order valence-electron chi connectivity index (χ0n) is 15.6. The maximum atomic E-state index is 13.1. The van der Waals surface area contributed by atoms with Gasteiger partial charge in [0.15, 0.2) is 17.0 Å². The number of aryl methyl sites for hydroxylation is 1. The molecule has 0 aliphatic carbocycles. The van der Waals surface area contributed by atoms with Gasteiger partial charge in [0, 0.05) is 12.1 Å². The first kappa shape index (κ1) is 17.8. The van der Waals surface area contributed by atoms with Gasteiger partial charge < -0.3 is 10.1 Å². The number of nitrogens with zero attached hydrogens (tertiary/aromatic N) is 5. The molecule has 142 valence electrons. The number of benzene rings is 2. The average Bonchev–Trinajstić information content (AvgIpc) is 3.10. The van der Waals surface area contributed by atoms with Crippen LogP contribution in [0.5, 0.6) is 5.75 Å². The minimum Gasteiger partial charge on any atom is -0.496 e. The second kappa shape index (κ2) is 7.59. The summed E-state index contributed by atoms with van der Waals surface area (Å²) in [5.74, 6) is 1.75. The second-order valence-corrected chi connectivity index (χ2v) is 6.33. The minimum atomic E-state index is -0.270. The standard InChI is InChI=1S/C20H19FN6O/c1-13-23-19(22-11-15-5-3-4-6-17(15)28-2)18-20(24-13)27(26-25-18)12-14-7-9-16(21)10-8-14/h3-10H,11-12H2,1-2H3,(H,22,23,24). The highest BCUT2D eigenvalue weighted by molar-refractivity contribution is 5.82. The van der Waals surface area contributed by atoms with Gasteiger partial charge in [-0.3, -0.25) is 0 Å². The van der Waals surface area contributed by atoms with Crippen molar-refractivity contribution in [3.63, 3.8) is 0 Å². The number of fused-ring (bicyclic) bond motifs is 1. The summed E-state index contributed by atoms with van der Waals surface area (Å²) in [4.78, 5) is 8.96. The molecular weight excluding hydrogens is 359 g/mol. The molecule has 0 aliphatic rings. The van der Waals surface area contributed by atoms with E-state index in [9.17, 15) is 4.39 Å². The van der Waals surface area contributed by atoms with Crippen molar-refractivity contribution in [1.29, 1.82) is 0 Å². The number of ether oxygens (including phenoxy) is 1. The normalized spacial score (nSPS) is 11.0. The summed E-state index contributed by atoms with van der Waals surface area (Å²) in [6, 6.07) is 14.1. The van der Waals surface area contributed by atoms with E-state index < -0.39 is 0 Å². The highest BCUT2D eigenvalue weighted by atomic mass is 19.1. The zero-order valence-corrected chi connectivity index (χ0v) is 15.6. The van der Waals surface area contributed by atoms with Crippen molar-refractivity contribution >= 4 is 17.0 Å². The third kappa shape index (κ3) is 3.62. The lowest BCUT2D eigenvalue weighted by molar-refractivity contribution is 0.410. The van der Waals surface area contributed by atoms with Crippen LogP contribution in [0.3, 0.4) is 0 Å². The van der Waals surface area contributed by atoms with E-state index in [1.54, 1.807) is 23.9 Å². The van der Waals surface area contributed by atoms with Gasteiger partial charge >= 0.3 is 0 Å². The lowest BCUT2D eigenvalue weighted by Crippen LogP contribution is -2.07. The van der Waals surface area contributed by atoms with Gasteiger partial charge in [-0.2, -0.15) is 0 Å². The molecule has 4 rings (SSSR count). The van der Waals surface area contributed by atoms with Gasteiger partial charge in [0.1, 0.15) is 17.4 Å². The van der Waals surface area contributed by atoms with Crippen molar-refractivity contribution < 1.29 is 9.13 Å². The molecule has 0 atom stereocenters. The summed E-state index contributed by atoms with van der Waals surface area (Å²) in [5.41, 5.74) is 3.13. The molecular formula is C20H19FN6O. The third-order valence-corrected chi connectivity index (χ3v) is 4.36. The first-order valence-corrected chi connectivity index (χ1v) is 8.82. The molecule has 2 aromatic heterocycles. The minimum absolute atomic E-state index is 0.270. The summed E-state index contributed by atoms with van der Waals surface area (Å²) in [6.07, 6.45) is 0. The van der Waals surface area contributed by atoms with E-state index in [-0.39, 0.29) is 5.82 Å². The predicted molar refractivity (Wildman–Crippen MR) is 104 cm³/mol. The fourth-order valence-electron chi connectivity index (χ4n) is 2.99. The largest absolute Gasteiger partial charge is 0.496 e. The maximum absolute atomic E-state index is 13.1. The van der Waals surface area contributed by atoms with Gasteiger partial charge in [-0.25, -0.2) is 19.0 Å². The van der Waals surface area contributed by atoms with E-state index in [4.69, 9.17) is 4.74 Å². The number of halogens is 1. The van der Waals surface area contributed by atoms with Crippen LogP contribution in [0.15, 0.2) is 48.5 Å². The SMILES string of the molecule is COc1ccccc1CNc1nc(C)nc2c1nnn2Cc1ccc(F)cc1. The lowest BCUT2D eigenvalue weighted by Gasteiger charge is -2.10. The topological polar surface area (TPSA) is 77.8 Å². The molecule has 0 bridgehead atoms. The number of methoxy groups -OCH3 is 1. The van der Waals surface area contributed by atoms with Crippen LogP contribution in [-0.2, 0) is 13.1 Å². The first-order chi connectivity index (χ1) is 13.6. The van der Waals surface area contributed by atoms with E-state index in [1.165, 1.54) is 12.1 Å². The fraction of sp³-hybridized carbons (Fsp3) is 0.200. The van der Waals surface area contributed by atoms with E-state index in [1.807, 2.05) is 31.2 Å². The Bertz CT molecular complexity index is 1110. The number of aromatic nitrogens is 5. The number of nitrogens with one attached hydrogen (secondary N) is 1. The molecule has 0 amide bonds. The lowest BCUT2D eigenvalue weighted by atomic mass is 10.2. The number of rotatable bonds is 6. The molecule has 7 nitrogen and oxygen atoms in total. The van der Waals surface area contributed by atoms with E-state index >= 15 is 0 Å². The van der Waals surface area contributed by atoms with Crippen molar-refractivity contribution in [2.45, 2.75) is 20.0 Å². The maximum Gasteiger partial charge on any atom is 0.184 e. The van der Waals surface area contributed by atoms with Crippen molar-refractivity contribution in [2.75, 3.05) is 12.4 Å². The van der Waals surface area contributed by atoms with Gasteiger partial charge in [-0.1, -0.05) is 35.5 Å². The van der Waals surface area contributed by atoms with Crippen LogP contribution in [0, 0.1) is 12.7 Å². The Balaban J connectivity index is 1.62. The average molecular weight is 378 g/mol. The summed E-state index contributed by atoms with van der Waals surface area (Å²) in [7, 11) is 1.65. The molecule has 2 heterocycles. The summed E-state index contributed by atoms with van der Waals surface area (Å²) < 4.78 is 20.2. The molecule has 0 spiro atoms. The van der Waals surface area contributed by atoms with Crippen LogP contribution < -0.4 is 10.1 Å². The molecule has 0 saturated heterocycles. The molecule has 0 radical (unpaired) electrons. The van der Waals surface area contributed by atoms with Gasteiger partial charge in [-0.05, 0) is 30.7 Å². The van der Waals surface area contributed by atoms with E-state index in [0.29, 0.717) is 35.9 Å². The van der Waals surface area contributed by atoms with Crippen LogP contribution in [-0.4, -0.2) is 32.1 Å². The van der Waals surface area contributed by atoms with Gasteiger partial charge in [-0.15, -0.1) is 5.10 Å². The Morgan fingerprint density at radius 1 is 1.07 bits per heavy atom. The van der Waals surface area contributed by atoms with Gasteiger partial charge in [0.05, 0.1) is 13.7 Å². The third-order valence-electron chi connectivity index (χ3n) is 4.36. The van der Waals surface area contributed by atoms with Crippen LogP contribution in [0.1, 0.15) is 17.0 Å². The highest BCUT2D eigenvalue weighted by Crippen LogP contribution is 2.22. The summed E-state index contributed by atoms with van der Waals surface area (Å²) >= 11 is 0. The number of hydrogen-bond donors (Lipinski definition) is 1. The molecule has 0 fully saturated rings. The van der Waals surface area contributed by atoms with Crippen LogP contribution >= 0.6 is 0 Å². The van der Waals surface area contributed by atoms with Gasteiger partial charge in [0.25, 0.3) is 0 Å². The molecule has 28 heavy (non-hydrogen) atoms. The molecule has 1 N–H and O–H groups in total. The fourth-order valence-corrected chi connectivity index (χ4v) is 2.99. The summed E-state index contributed by atoms with van der Waals surface area (Å²) in [5, 5.41) is 11.8. The van der Waals surface area contributed by atoms with E-state index in [0.717, 1.165) is 16.9 Å². The molecule has 0 aliphatic heterocycles. The van der Waals surface area contributed by atoms with Crippen molar-refractivity contribution in [1.82, 2.24) is 25.0 Å². The van der Waals surface area contributed by atoms with Crippen molar-refractivity contribution in [3.05, 3.63) is 71.3 Å². The predicted octanol–water partition coefficient (Wildman–Crippen LogP) is 3.34. The Labute approximate surface area is 161 Å². The monoisotopic (exact) mass is 378 g/mol. The van der Waals surface area contributed by atoms with Crippen LogP contribution in [0.25, 0.3) is 11.2 Å². The van der Waals surface area contributed by atoms with E-state index in [2.05, 4.69) is 25.6 Å². The molecule has 4 aromatic rings. The number of hydrogen-bond acceptors (Lipinski definition) is 6. The first-order valence-electron chi connectivity index (χ1n) is 8.82. The molecule has 8 heteroatoms. The Hall–Kier alpha value is -3.55. The summed E-state index contributed by atoms with van der Waals surface area (Å²) in [6.45, 7) is 2.79. The zero-order chi connectivity index (χ0) is 19.5. The van der Waals surface area contributed by atoms with Crippen LogP contribution in [0.2, 0.25) is 0 Å². The Morgan fingerprint density at radius 3 is 2.64 bits per heavy atom. The highest BCUT2D eigenvalue weighted by Gasteiger charge is 2.14. The van der Waals surface area contributed by atoms with Crippen molar-refractivity contribution in [2.24, 2.45) is 0 Å².